The van der Waals surface area contributed by atoms with Crippen molar-refractivity contribution in [3.8, 4) is 10.6 Å². The summed E-state index contributed by atoms with van der Waals surface area (Å²) in [7, 11) is 0. The van der Waals surface area contributed by atoms with Gasteiger partial charge in [-0.2, -0.15) is 0 Å². The minimum Gasteiger partial charge on any atom is -0.332 e. The van der Waals surface area contributed by atoms with Gasteiger partial charge in [0.2, 0.25) is 0 Å². The van der Waals surface area contributed by atoms with E-state index < -0.39 is 0 Å². The third-order valence-electron chi connectivity index (χ3n) is 4.45. The van der Waals surface area contributed by atoms with Crippen LogP contribution in [0.2, 0.25) is 0 Å². The number of hydrogen-bond acceptors (Lipinski definition) is 4. The number of para-hydroxylation sites is 1. The number of fused-ring (bicyclic) bond motifs is 1. The molecule has 0 fully saturated rings. The van der Waals surface area contributed by atoms with Crippen LogP contribution in [0.1, 0.15) is 15.9 Å². The van der Waals surface area contributed by atoms with Gasteiger partial charge in [0.1, 0.15) is 5.01 Å². The molecule has 144 valence electrons. The Kier molecular flexibility index (Phi) is 5.89. The van der Waals surface area contributed by atoms with Gasteiger partial charge in [0, 0.05) is 14.8 Å². The number of nitrogens with zero attached hydrogens (tertiary/aromatic N) is 1. The van der Waals surface area contributed by atoms with E-state index >= 15 is 0 Å². The SMILES string of the molecule is Cc1c(NC(=S)NC(=O)c2ccccc2I)cccc1-c1nc2ccccc2s1. The Morgan fingerprint density at radius 2 is 1.79 bits per heavy atom. The molecule has 1 aromatic heterocycles. The van der Waals surface area contributed by atoms with Crippen molar-refractivity contribution in [3.63, 3.8) is 0 Å². The highest BCUT2D eigenvalue weighted by Gasteiger charge is 2.14. The lowest BCUT2D eigenvalue weighted by atomic mass is 10.1. The van der Waals surface area contributed by atoms with Crippen LogP contribution >= 0.6 is 46.1 Å². The number of anilines is 1. The second kappa shape index (κ2) is 8.56. The molecule has 0 aliphatic rings. The zero-order valence-electron chi connectivity index (χ0n) is 15.4. The van der Waals surface area contributed by atoms with E-state index in [1.165, 1.54) is 0 Å². The molecule has 4 aromatic rings. The van der Waals surface area contributed by atoms with Crippen molar-refractivity contribution in [1.29, 1.82) is 0 Å². The Morgan fingerprint density at radius 1 is 1.03 bits per heavy atom. The lowest BCUT2D eigenvalue weighted by Gasteiger charge is -2.14. The first-order valence-electron chi connectivity index (χ1n) is 8.85. The van der Waals surface area contributed by atoms with Crippen LogP contribution in [0.25, 0.3) is 20.8 Å². The predicted octanol–water partition coefficient (Wildman–Crippen LogP) is 6.00. The number of thiazole rings is 1. The van der Waals surface area contributed by atoms with E-state index in [-0.39, 0.29) is 11.0 Å². The summed E-state index contributed by atoms with van der Waals surface area (Å²) < 4.78 is 2.03. The summed E-state index contributed by atoms with van der Waals surface area (Å²) >= 11 is 9.17. The van der Waals surface area contributed by atoms with Gasteiger partial charge >= 0.3 is 0 Å². The Bertz CT molecular complexity index is 1200. The minimum absolute atomic E-state index is 0.229. The van der Waals surface area contributed by atoms with E-state index in [9.17, 15) is 4.79 Å². The number of nitrogens with one attached hydrogen (secondary N) is 2. The smallest absolute Gasteiger partial charge is 0.258 e. The topological polar surface area (TPSA) is 54.0 Å². The molecule has 29 heavy (non-hydrogen) atoms. The highest BCUT2D eigenvalue weighted by Crippen LogP contribution is 2.34. The van der Waals surface area contributed by atoms with Gasteiger partial charge in [0.15, 0.2) is 5.11 Å². The fourth-order valence-electron chi connectivity index (χ4n) is 2.96. The Labute approximate surface area is 191 Å². The normalized spacial score (nSPS) is 10.7. The van der Waals surface area contributed by atoms with E-state index in [0.29, 0.717) is 5.56 Å². The molecule has 7 heteroatoms. The summed E-state index contributed by atoms with van der Waals surface area (Å²) in [6.07, 6.45) is 0. The number of hydrogen-bond donors (Lipinski definition) is 2. The number of halogens is 1. The fourth-order valence-corrected chi connectivity index (χ4v) is 4.84. The Hall–Kier alpha value is -2.36. The number of aromatic nitrogens is 1. The number of thiocarbonyl (C=S) groups is 1. The molecular formula is C22H16IN3OS2. The lowest BCUT2D eigenvalue weighted by Crippen LogP contribution is -2.34. The van der Waals surface area contributed by atoms with Gasteiger partial charge in [-0.3, -0.25) is 10.1 Å². The molecule has 4 rings (SSSR count). The van der Waals surface area contributed by atoms with Crippen molar-refractivity contribution >= 4 is 73.1 Å². The van der Waals surface area contributed by atoms with Crippen LogP contribution in [-0.4, -0.2) is 16.0 Å². The molecule has 0 unspecified atom stereocenters. The maximum atomic E-state index is 12.5. The van der Waals surface area contributed by atoms with Gasteiger partial charge in [-0.1, -0.05) is 36.4 Å². The third-order valence-corrected chi connectivity index (χ3v) is 6.67. The quantitative estimate of drug-likeness (QED) is 0.253. The Morgan fingerprint density at radius 3 is 2.59 bits per heavy atom. The molecule has 2 N–H and O–H groups in total. The molecule has 0 bridgehead atoms. The fraction of sp³-hybridized carbons (Fsp3) is 0.0455. The number of carbonyl (C=O) groups excluding carboxylic acids is 1. The number of rotatable bonds is 3. The lowest BCUT2D eigenvalue weighted by molar-refractivity contribution is 0.0977. The molecule has 0 aliphatic heterocycles. The van der Waals surface area contributed by atoms with E-state index in [1.807, 2.05) is 61.5 Å². The summed E-state index contributed by atoms with van der Waals surface area (Å²) in [5.41, 5.74) is 4.50. The second-order valence-electron chi connectivity index (χ2n) is 6.35. The van der Waals surface area contributed by atoms with Gasteiger partial charge in [-0.15, -0.1) is 11.3 Å². The average molecular weight is 529 g/mol. The van der Waals surface area contributed by atoms with Crippen LogP contribution in [0.4, 0.5) is 5.69 Å². The van der Waals surface area contributed by atoms with Crippen LogP contribution in [-0.2, 0) is 0 Å². The van der Waals surface area contributed by atoms with Crippen LogP contribution in [0.3, 0.4) is 0 Å². The van der Waals surface area contributed by atoms with E-state index in [1.54, 1.807) is 17.4 Å². The number of carbonyl (C=O) groups is 1. The van der Waals surface area contributed by atoms with Crippen molar-refractivity contribution in [1.82, 2.24) is 10.3 Å². The molecule has 0 saturated carbocycles. The van der Waals surface area contributed by atoms with Gasteiger partial charge in [0.25, 0.3) is 5.91 Å². The molecule has 4 nitrogen and oxygen atoms in total. The van der Waals surface area contributed by atoms with Crippen molar-refractivity contribution in [2.75, 3.05) is 5.32 Å². The van der Waals surface area contributed by atoms with Crippen LogP contribution in [0, 0.1) is 10.5 Å². The summed E-state index contributed by atoms with van der Waals surface area (Å²) in [4.78, 5) is 17.2. The van der Waals surface area contributed by atoms with E-state index in [4.69, 9.17) is 17.2 Å². The van der Waals surface area contributed by atoms with Crippen LogP contribution < -0.4 is 10.6 Å². The van der Waals surface area contributed by atoms with Crippen molar-refractivity contribution in [2.24, 2.45) is 0 Å². The standard InChI is InChI=1S/C22H16IN3OS2/c1-13-14(21-24-18-10-4-5-12-19(18)29-21)8-6-11-17(13)25-22(28)26-20(27)15-7-2-3-9-16(15)23/h2-12H,1H3,(H2,25,26,27,28). The van der Waals surface area contributed by atoms with E-state index in [0.717, 1.165) is 35.6 Å². The van der Waals surface area contributed by atoms with Crippen LogP contribution in [0.15, 0.2) is 66.7 Å². The van der Waals surface area contributed by atoms with Crippen LogP contribution in [0.5, 0.6) is 0 Å². The van der Waals surface area contributed by atoms with Gasteiger partial charge in [-0.25, -0.2) is 4.98 Å². The minimum atomic E-state index is -0.229. The second-order valence-corrected chi connectivity index (χ2v) is 8.95. The maximum Gasteiger partial charge on any atom is 0.258 e. The number of amides is 1. The molecular weight excluding hydrogens is 513 g/mol. The molecule has 0 spiro atoms. The van der Waals surface area contributed by atoms with Gasteiger partial charge in [0.05, 0.1) is 15.8 Å². The molecule has 0 radical (unpaired) electrons. The molecule has 3 aromatic carbocycles. The third kappa shape index (κ3) is 4.31. The molecule has 0 aliphatic carbocycles. The zero-order chi connectivity index (χ0) is 20.4. The molecule has 0 saturated heterocycles. The monoisotopic (exact) mass is 529 g/mol. The van der Waals surface area contributed by atoms with Gasteiger partial charge < -0.3 is 5.32 Å². The molecule has 0 atom stereocenters. The summed E-state index contributed by atoms with van der Waals surface area (Å²) in [5.74, 6) is -0.229. The maximum absolute atomic E-state index is 12.5. The first-order chi connectivity index (χ1) is 14.0. The van der Waals surface area contributed by atoms with Crippen molar-refractivity contribution in [3.05, 3.63) is 81.4 Å². The highest BCUT2D eigenvalue weighted by molar-refractivity contribution is 14.1. The largest absolute Gasteiger partial charge is 0.332 e. The number of benzene rings is 3. The van der Waals surface area contributed by atoms with Crippen molar-refractivity contribution < 1.29 is 4.79 Å². The first kappa shape index (κ1) is 19.9. The van der Waals surface area contributed by atoms with E-state index in [2.05, 4.69) is 39.3 Å². The summed E-state index contributed by atoms with van der Waals surface area (Å²) in [5, 5.41) is 7.13. The highest BCUT2D eigenvalue weighted by atomic mass is 127. The summed E-state index contributed by atoms with van der Waals surface area (Å²) in [6.45, 7) is 2.02. The molecule has 1 amide bonds. The van der Waals surface area contributed by atoms with Gasteiger partial charge in [-0.05, 0) is 77.6 Å². The first-order valence-corrected chi connectivity index (χ1v) is 11.2. The predicted molar refractivity (Wildman–Crippen MR) is 133 cm³/mol. The Balaban J connectivity index is 1.55. The van der Waals surface area contributed by atoms with Crippen molar-refractivity contribution in [2.45, 2.75) is 6.92 Å². The average Bonchev–Trinajstić information content (AvgIpc) is 3.13. The zero-order valence-corrected chi connectivity index (χ0v) is 19.2. The molecule has 1 heterocycles. The summed E-state index contributed by atoms with van der Waals surface area (Å²) in [6, 6.07) is 21.4.